The van der Waals surface area contributed by atoms with Crippen LogP contribution in [0.3, 0.4) is 0 Å². The van der Waals surface area contributed by atoms with Gasteiger partial charge < -0.3 is 10.5 Å². The van der Waals surface area contributed by atoms with Gasteiger partial charge >= 0.3 is 0 Å². The van der Waals surface area contributed by atoms with E-state index in [1.54, 1.807) is 35.6 Å². The number of carbonyl (C=O) groups excluding carboxylic acids is 1. The first-order valence-corrected chi connectivity index (χ1v) is 7.23. The molecule has 1 amide bonds. The molecule has 21 heavy (non-hydrogen) atoms. The van der Waals surface area contributed by atoms with Gasteiger partial charge in [0.1, 0.15) is 11.8 Å². The van der Waals surface area contributed by atoms with E-state index in [1.807, 2.05) is 17.5 Å². The average Bonchev–Trinajstić information content (AvgIpc) is 3.00. The summed E-state index contributed by atoms with van der Waals surface area (Å²) in [6.07, 6.45) is 0. The molecule has 1 unspecified atom stereocenters. The molecule has 0 bridgehead atoms. The van der Waals surface area contributed by atoms with Gasteiger partial charge in [-0.05, 0) is 29.1 Å². The predicted molar refractivity (Wildman–Crippen MR) is 80.6 cm³/mol. The lowest BCUT2D eigenvalue weighted by atomic mass is 10.1. The monoisotopic (exact) mass is 301 g/mol. The van der Waals surface area contributed by atoms with Gasteiger partial charge in [0.15, 0.2) is 6.61 Å². The van der Waals surface area contributed by atoms with Crippen molar-refractivity contribution < 1.29 is 9.53 Å². The number of nitriles is 1. The minimum absolute atomic E-state index is 0.155. The molecule has 0 aliphatic heterocycles. The highest BCUT2D eigenvalue weighted by Gasteiger charge is 2.10. The Bertz CT molecular complexity index is 617. The third-order valence-corrected chi connectivity index (χ3v) is 3.66. The number of nitrogens with one attached hydrogen (secondary N) is 1. The quantitative estimate of drug-likeness (QED) is 0.818. The van der Waals surface area contributed by atoms with Crippen molar-refractivity contribution in [2.24, 2.45) is 5.73 Å². The van der Waals surface area contributed by atoms with E-state index < -0.39 is 11.9 Å². The van der Waals surface area contributed by atoms with Gasteiger partial charge in [0, 0.05) is 11.4 Å². The summed E-state index contributed by atoms with van der Waals surface area (Å²) in [5, 5.41) is 14.4. The fourth-order valence-corrected chi connectivity index (χ4v) is 2.42. The van der Waals surface area contributed by atoms with Crippen molar-refractivity contribution in [1.82, 2.24) is 5.32 Å². The highest BCUT2D eigenvalue weighted by molar-refractivity contribution is 7.09. The van der Waals surface area contributed by atoms with Crippen LogP contribution in [0.4, 0.5) is 0 Å². The number of ether oxygens (including phenoxy) is 1. The number of amides is 1. The molecule has 2 rings (SSSR count). The summed E-state index contributed by atoms with van der Waals surface area (Å²) in [6, 6.07) is 12.9. The molecule has 0 aliphatic rings. The first-order valence-electron chi connectivity index (χ1n) is 6.35. The van der Waals surface area contributed by atoms with Crippen molar-refractivity contribution in [1.29, 1.82) is 5.26 Å². The lowest BCUT2D eigenvalue weighted by Crippen LogP contribution is -2.20. The zero-order chi connectivity index (χ0) is 15.1. The highest BCUT2D eigenvalue weighted by atomic mass is 32.1. The van der Waals surface area contributed by atoms with E-state index in [0.717, 1.165) is 5.56 Å². The van der Waals surface area contributed by atoms with E-state index in [4.69, 9.17) is 10.5 Å². The molecule has 2 aromatic rings. The van der Waals surface area contributed by atoms with Gasteiger partial charge in [0.25, 0.3) is 5.91 Å². The van der Waals surface area contributed by atoms with Gasteiger partial charge in [0.2, 0.25) is 0 Å². The molecule has 0 spiro atoms. The van der Waals surface area contributed by atoms with Crippen molar-refractivity contribution in [2.45, 2.75) is 12.6 Å². The number of primary amides is 1. The van der Waals surface area contributed by atoms with Gasteiger partial charge in [-0.25, -0.2) is 0 Å². The van der Waals surface area contributed by atoms with Crippen molar-refractivity contribution >= 4 is 17.2 Å². The van der Waals surface area contributed by atoms with E-state index in [-0.39, 0.29) is 6.61 Å². The number of benzene rings is 1. The normalized spacial score (nSPS) is 11.6. The third kappa shape index (κ3) is 4.60. The summed E-state index contributed by atoms with van der Waals surface area (Å²) in [7, 11) is 0. The second-order valence-electron chi connectivity index (χ2n) is 4.35. The molecule has 5 nitrogen and oxygen atoms in total. The fourth-order valence-electron chi connectivity index (χ4n) is 1.76. The summed E-state index contributed by atoms with van der Waals surface area (Å²) in [6.45, 7) is 0.494. The number of rotatable bonds is 7. The summed E-state index contributed by atoms with van der Waals surface area (Å²) in [4.78, 5) is 11.8. The lowest BCUT2D eigenvalue weighted by molar-refractivity contribution is -0.119. The Morgan fingerprint density at radius 3 is 2.71 bits per heavy atom. The number of nitrogens with two attached hydrogens (primary N) is 1. The number of hydrogen-bond donors (Lipinski definition) is 2. The van der Waals surface area contributed by atoms with E-state index in [2.05, 4.69) is 11.4 Å². The molecule has 1 aromatic heterocycles. The summed E-state index contributed by atoms with van der Waals surface area (Å²) < 4.78 is 5.18. The molecular formula is C15H15N3O2S. The molecule has 0 aliphatic carbocycles. The molecular weight excluding hydrogens is 286 g/mol. The Hall–Kier alpha value is -2.36. The second kappa shape index (κ2) is 7.43. The van der Waals surface area contributed by atoms with Crippen LogP contribution in [-0.2, 0) is 11.3 Å². The molecule has 0 saturated carbocycles. The summed E-state index contributed by atoms with van der Waals surface area (Å²) in [5.74, 6) is 0.0269. The largest absolute Gasteiger partial charge is 0.484 e. The van der Waals surface area contributed by atoms with Crippen molar-refractivity contribution in [3.8, 4) is 11.8 Å². The fraction of sp³-hybridized carbons (Fsp3) is 0.200. The van der Waals surface area contributed by atoms with Gasteiger partial charge in [-0.3, -0.25) is 10.1 Å². The lowest BCUT2D eigenvalue weighted by Gasteiger charge is -2.12. The maximum absolute atomic E-state index is 10.6. The van der Waals surface area contributed by atoms with Crippen LogP contribution in [0, 0.1) is 11.3 Å². The third-order valence-electron chi connectivity index (χ3n) is 2.78. The van der Waals surface area contributed by atoms with Crippen LogP contribution in [0.1, 0.15) is 16.5 Å². The second-order valence-corrected chi connectivity index (χ2v) is 5.38. The molecule has 0 radical (unpaired) electrons. The molecule has 1 heterocycles. The van der Waals surface area contributed by atoms with E-state index in [9.17, 15) is 10.1 Å². The van der Waals surface area contributed by atoms with Crippen LogP contribution in [0.2, 0.25) is 0 Å². The maximum Gasteiger partial charge on any atom is 0.255 e. The Kier molecular flexibility index (Phi) is 5.32. The van der Waals surface area contributed by atoms with Crippen LogP contribution in [0.5, 0.6) is 5.75 Å². The Morgan fingerprint density at radius 2 is 2.14 bits per heavy atom. The predicted octanol–water partition coefficient (Wildman–Crippen LogP) is 1.97. The number of carbonyl (C=O) groups is 1. The zero-order valence-corrected chi connectivity index (χ0v) is 12.1. The molecule has 0 saturated heterocycles. The average molecular weight is 301 g/mol. The molecule has 0 fully saturated rings. The first kappa shape index (κ1) is 15.0. The van der Waals surface area contributed by atoms with E-state index in [0.29, 0.717) is 12.3 Å². The molecule has 108 valence electrons. The summed E-state index contributed by atoms with van der Waals surface area (Å²) in [5.41, 5.74) is 5.86. The number of nitrogens with zero attached hydrogens (tertiary/aromatic N) is 1. The molecule has 3 N–H and O–H groups in total. The molecule has 6 heteroatoms. The Labute approximate surface area is 127 Å². The standard InChI is InChI=1S/C15H15N3O2S/c16-8-14(18-9-13-2-1-7-21-13)11-3-5-12(6-4-11)20-10-15(17)19/h1-7,14,18H,9-10H2,(H2,17,19). The minimum atomic E-state index is -0.522. The smallest absolute Gasteiger partial charge is 0.255 e. The van der Waals surface area contributed by atoms with Gasteiger partial charge in [0.05, 0.1) is 6.07 Å². The van der Waals surface area contributed by atoms with Crippen molar-refractivity contribution in [3.05, 3.63) is 52.2 Å². The van der Waals surface area contributed by atoms with Crippen LogP contribution < -0.4 is 15.8 Å². The SMILES string of the molecule is N#CC(NCc1cccs1)c1ccc(OCC(N)=O)cc1. The highest BCUT2D eigenvalue weighted by Crippen LogP contribution is 2.18. The number of thiophene rings is 1. The minimum Gasteiger partial charge on any atom is -0.484 e. The Balaban J connectivity index is 1.95. The van der Waals surface area contributed by atoms with Crippen LogP contribution in [0.25, 0.3) is 0 Å². The van der Waals surface area contributed by atoms with Crippen molar-refractivity contribution in [3.63, 3.8) is 0 Å². The van der Waals surface area contributed by atoms with Crippen LogP contribution >= 0.6 is 11.3 Å². The number of hydrogen-bond acceptors (Lipinski definition) is 5. The summed E-state index contributed by atoms with van der Waals surface area (Å²) >= 11 is 1.65. The van der Waals surface area contributed by atoms with E-state index in [1.165, 1.54) is 4.88 Å². The molecule has 1 aromatic carbocycles. The molecule has 1 atom stereocenters. The zero-order valence-electron chi connectivity index (χ0n) is 11.3. The Morgan fingerprint density at radius 1 is 1.38 bits per heavy atom. The van der Waals surface area contributed by atoms with Gasteiger partial charge in [-0.2, -0.15) is 5.26 Å². The first-order chi connectivity index (χ1) is 10.2. The van der Waals surface area contributed by atoms with Crippen molar-refractivity contribution in [2.75, 3.05) is 6.61 Å². The van der Waals surface area contributed by atoms with Crippen LogP contribution in [-0.4, -0.2) is 12.5 Å². The van der Waals surface area contributed by atoms with Gasteiger partial charge in [-0.1, -0.05) is 18.2 Å². The topological polar surface area (TPSA) is 88.1 Å². The van der Waals surface area contributed by atoms with Gasteiger partial charge in [-0.15, -0.1) is 11.3 Å². The van der Waals surface area contributed by atoms with Crippen LogP contribution in [0.15, 0.2) is 41.8 Å². The maximum atomic E-state index is 10.6. The van der Waals surface area contributed by atoms with E-state index >= 15 is 0 Å².